The van der Waals surface area contributed by atoms with Crippen molar-refractivity contribution in [1.29, 1.82) is 0 Å². The molecule has 5 heteroatoms. The molecule has 2 heterocycles. The van der Waals surface area contributed by atoms with Gasteiger partial charge in [0, 0.05) is 18.3 Å². The van der Waals surface area contributed by atoms with Crippen LogP contribution >= 0.6 is 0 Å². The molecule has 0 saturated carbocycles. The first kappa shape index (κ1) is 13.6. The molecular weight excluding hydrogens is 264 g/mol. The molecule has 0 amide bonds. The molecule has 5 nitrogen and oxygen atoms in total. The molecule has 108 valence electrons. The van der Waals surface area contributed by atoms with Gasteiger partial charge in [-0.05, 0) is 18.1 Å². The van der Waals surface area contributed by atoms with E-state index in [9.17, 15) is 5.11 Å². The summed E-state index contributed by atoms with van der Waals surface area (Å²) < 4.78 is 1.84. The van der Waals surface area contributed by atoms with Crippen LogP contribution in [0.5, 0.6) is 0 Å². The number of H-pyrrole nitrogens is 1. The van der Waals surface area contributed by atoms with Gasteiger partial charge in [0.15, 0.2) is 0 Å². The lowest BCUT2D eigenvalue weighted by molar-refractivity contribution is 0.208. The number of aliphatic hydroxyl groups is 1. The average Bonchev–Trinajstić information content (AvgIpc) is 3.17. The highest BCUT2D eigenvalue weighted by atomic mass is 16.3. The summed E-state index contributed by atoms with van der Waals surface area (Å²) in [5, 5.41) is 22.0. The zero-order valence-electron chi connectivity index (χ0n) is 11.9. The van der Waals surface area contributed by atoms with E-state index >= 15 is 0 Å². The first-order valence-corrected chi connectivity index (χ1v) is 7.09. The first-order valence-electron chi connectivity index (χ1n) is 7.09. The summed E-state index contributed by atoms with van der Waals surface area (Å²) in [6, 6.07) is 11.7. The van der Waals surface area contributed by atoms with Crippen molar-refractivity contribution in [2.24, 2.45) is 0 Å². The number of aromatic amines is 1. The van der Waals surface area contributed by atoms with Crippen molar-refractivity contribution >= 4 is 0 Å². The Morgan fingerprint density at radius 1 is 1.24 bits per heavy atom. The molecule has 0 fully saturated rings. The Morgan fingerprint density at radius 3 is 2.81 bits per heavy atom. The minimum absolute atomic E-state index is 0.743. The first-order chi connectivity index (χ1) is 10.3. The lowest BCUT2D eigenvalue weighted by Crippen LogP contribution is -2.10. The lowest BCUT2D eigenvalue weighted by Gasteiger charge is -2.13. The van der Waals surface area contributed by atoms with Crippen LogP contribution in [-0.4, -0.2) is 25.1 Å². The van der Waals surface area contributed by atoms with E-state index in [1.165, 1.54) is 0 Å². The van der Waals surface area contributed by atoms with E-state index in [0.717, 1.165) is 35.5 Å². The normalized spacial score (nSPS) is 12.5. The van der Waals surface area contributed by atoms with E-state index in [4.69, 9.17) is 0 Å². The molecule has 1 aromatic carbocycles. The summed E-state index contributed by atoms with van der Waals surface area (Å²) in [4.78, 5) is 0. The summed E-state index contributed by atoms with van der Waals surface area (Å²) in [5.41, 5.74) is 3.40. The van der Waals surface area contributed by atoms with Crippen molar-refractivity contribution in [2.75, 3.05) is 0 Å². The van der Waals surface area contributed by atoms with Gasteiger partial charge in [0.1, 0.15) is 6.10 Å². The molecule has 0 bridgehead atoms. The predicted molar refractivity (Wildman–Crippen MR) is 80.6 cm³/mol. The Hall–Kier alpha value is -2.40. The van der Waals surface area contributed by atoms with E-state index in [-0.39, 0.29) is 0 Å². The van der Waals surface area contributed by atoms with Crippen molar-refractivity contribution < 1.29 is 5.11 Å². The molecule has 21 heavy (non-hydrogen) atoms. The molecule has 0 saturated heterocycles. The summed E-state index contributed by atoms with van der Waals surface area (Å²) in [7, 11) is 0. The van der Waals surface area contributed by atoms with Gasteiger partial charge in [0.2, 0.25) is 0 Å². The maximum Gasteiger partial charge on any atom is 0.124 e. The Morgan fingerprint density at radius 2 is 2.05 bits per heavy atom. The highest BCUT2D eigenvalue weighted by Crippen LogP contribution is 2.29. The zero-order chi connectivity index (χ0) is 14.7. The van der Waals surface area contributed by atoms with Crippen LogP contribution in [0.3, 0.4) is 0 Å². The third-order valence-corrected chi connectivity index (χ3v) is 3.49. The SMILES string of the molecule is CCCn1nccc1C(O)c1cn[nH]c1-c1ccccc1. The largest absolute Gasteiger partial charge is 0.382 e. The van der Waals surface area contributed by atoms with Crippen LogP contribution in [-0.2, 0) is 6.54 Å². The molecule has 2 aromatic heterocycles. The second-order valence-corrected chi connectivity index (χ2v) is 4.95. The quantitative estimate of drug-likeness (QED) is 0.756. The Balaban J connectivity index is 1.98. The van der Waals surface area contributed by atoms with E-state index in [0.29, 0.717) is 0 Å². The van der Waals surface area contributed by atoms with E-state index in [1.807, 2.05) is 41.1 Å². The molecule has 0 aliphatic carbocycles. The number of nitrogens with zero attached hydrogens (tertiary/aromatic N) is 3. The number of rotatable bonds is 5. The standard InChI is InChI=1S/C16H18N4O/c1-2-10-20-14(8-9-18-20)16(21)13-11-17-19-15(13)12-6-4-3-5-7-12/h3-9,11,16,21H,2,10H2,1H3,(H,17,19). The number of hydrogen-bond donors (Lipinski definition) is 2. The minimum Gasteiger partial charge on any atom is -0.382 e. The third kappa shape index (κ3) is 2.60. The molecule has 2 N–H and O–H groups in total. The topological polar surface area (TPSA) is 66.7 Å². The zero-order valence-corrected chi connectivity index (χ0v) is 11.9. The molecule has 0 spiro atoms. The number of aryl methyl sites for hydroxylation is 1. The van der Waals surface area contributed by atoms with Gasteiger partial charge in [0.05, 0.1) is 17.6 Å². The minimum atomic E-state index is -0.743. The monoisotopic (exact) mass is 282 g/mol. The van der Waals surface area contributed by atoms with E-state index < -0.39 is 6.10 Å². The van der Waals surface area contributed by atoms with Crippen LogP contribution < -0.4 is 0 Å². The van der Waals surface area contributed by atoms with Gasteiger partial charge in [0.25, 0.3) is 0 Å². The maximum absolute atomic E-state index is 10.7. The molecule has 1 unspecified atom stereocenters. The number of nitrogens with one attached hydrogen (secondary N) is 1. The highest BCUT2D eigenvalue weighted by Gasteiger charge is 2.20. The molecule has 0 aliphatic heterocycles. The second-order valence-electron chi connectivity index (χ2n) is 4.95. The van der Waals surface area contributed by atoms with E-state index in [1.54, 1.807) is 12.4 Å². The fourth-order valence-corrected chi connectivity index (χ4v) is 2.47. The summed E-state index contributed by atoms with van der Waals surface area (Å²) in [5.74, 6) is 0. The van der Waals surface area contributed by atoms with Gasteiger partial charge in [-0.25, -0.2) is 0 Å². The van der Waals surface area contributed by atoms with Crippen molar-refractivity contribution in [2.45, 2.75) is 26.0 Å². The van der Waals surface area contributed by atoms with Crippen LogP contribution in [0.1, 0.15) is 30.7 Å². The van der Waals surface area contributed by atoms with Crippen molar-refractivity contribution in [3.63, 3.8) is 0 Å². The number of aliphatic hydroxyl groups excluding tert-OH is 1. The second kappa shape index (κ2) is 5.93. The predicted octanol–water partition coefficient (Wildman–Crippen LogP) is 2.76. The van der Waals surface area contributed by atoms with Gasteiger partial charge in [-0.3, -0.25) is 9.78 Å². The Labute approximate surface area is 123 Å². The molecule has 3 aromatic rings. The van der Waals surface area contributed by atoms with Crippen molar-refractivity contribution in [1.82, 2.24) is 20.0 Å². The molecule has 1 atom stereocenters. The van der Waals surface area contributed by atoms with Gasteiger partial charge >= 0.3 is 0 Å². The van der Waals surface area contributed by atoms with Crippen LogP contribution in [0.15, 0.2) is 48.8 Å². The summed E-state index contributed by atoms with van der Waals surface area (Å²) >= 11 is 0. The third-order valence-electron chi connectivity index (χ3n) is 3.49. The van der Waals surface area contributed by atoms with Crippen LogP contribution in [0.25, 0.3) is 11.3 Å². The van der Waals surface area contributed by atoms with E-state index in [2.05, 4.69) is 22.2 Å². The van der Waals surface area contributed by atoms with Gasteiger partial charge in [-0.15, -0.1) is 0 Å². The molecule has 3 rings (SSSR count). The van der Waals surface area contributed by atoms with Crippen LogP contribution in [0, 0.1) is 0 Å². The Bertz CT molecular complexity index is 702. The average molecular weight is 282 g/mol. The van der Waals surface area contributed by atoms with Gasteiger partial charge in [-0.1, -0.05) is 37.3 Å². The van der Waals surface area contributed by atoms with Crippen molar-refractivity contribution in [3.05, 3.63) is 60.0 Å². The number of aromatic nitrogens is 4. The number of hydrogen-bond acceptors (Lipinski definition) is 3. The smallest absolute Gasteiger partial charge is 0.124 e. The Kier molecular flexibility index (Phi) is 3.83. The highest BCUT2D eigenvalue weighted by molar-refractivity contribution is 5.63. The van der Waals surface area contributed by atoms with Crippen molar-refractivity contribution in [3.8, 4) is 11.3 Å². The summed E-state index contributed by atoms with van der Waals surface area (Å²) in [6.45, 7) is 2.88. The van der Waals surface area contributed by atoms with Gasteiger partial charge < -0.3 is 5.11 Å². The van der Waals surface area contributed by atoms with Gasteiger partial charge in [-0.2, -0.15) is 10.2 Å². The van der Waals surface area contributed by atoms with Crippen LogP contribution in [0.4, 0.5) is 0 Å². The molecular formula is C16H18N4O. The fourth-order valence-electron chi connectivity index (χ4n) is 2.47. The maximum atomic E-state index is 10.7. The summed E-state index contributed by atoms with van der Waals surface area (Å²) in [6.07, 6.45) is 3.62. The number of benzene rings is 1. The lowest BCUT2D eigenvalue weighted by atomic mass is 10.0. The molecule has 0 aliphatic rings. The molecule has 0 radical (unpaired) electrons. The van der Waals surface area contributed by atoms with Crippen LogP contribution in [0.2, 0.25) is 0 Å². The fraction of sp³-hybridized carbons (Fsp3) is 0.250.